The highest BCUT2D eigenvalue weighted by molar-refractivity contribution is 8.13. The van der Waals surface area contributed by atoms with Crippen LogP contribution in [-0.2, 0) is 23.6 Å². The zero-order chi connectivity index (χ0) is 15.8. The minimum Gasteiger partial charge on any atom is -0.462 e. The Hall–Kier alpha value is -1.12. The molecule has 116 valence electrons. The van der Waals surface area contributed by atoms with E-state index in [9.17, 15) is 21.6 Å². The zero-order valence-corrected chi connectivity index (χ0v) is 13.5. The van der Waals surface area contributed by atoms with Gasteiger partial charge in [0.15, 0.2) is 9.84 Å². The highest BCUT2D eigenvalue weighted by atomic mass is 35.7. The largest absolute Gasteiger partial charge is 0.462 e. The second-order valence-electron chi connectivity index (χ2n) is 4.94. The van der Waals surface area contributed by atoms with Crippen molar-refractivity contribution in [3.63, 3.8) is 0 Å². The summed E-state index contributed by atoms with van der Waals surface area (Å²) in [6.45, 7) is 0.241. The summed E-state index contributed by atoms with van der Waals surface area (Å²) in [5.74, 6) is -0.433. The molecular weight excluding hydrogens is 340 g/mol. The Morgan fingerprint density at radius 3 is 2.24 bits per heavy atom. The van der Waals surface area contributed by atoms with E-state index >= 15 is 0 Å². The molecule has 1 saturated carbocycles. The van der Waals surface area contributed by atoms with Crippen LogP contribution in [0.15, 0.2) is 28.0 Å². The second-order valence-corrected chi connectivity index (χ2v) is 9.53. The molecule has 0 spiro atoms. The molecule has 9 heteroatoms. The zero-order valence-electron chi connectivity index (χ0n) is 11.1. The summed E-state index contributed by atoms with van der Waals surface area (Å²) in [5, 5.41) is 0. The maximum absolute atomic E-state index is 11.9. The van der Waals surface area contributed by atoms with E-state index in [0.717, 1.165) is 37.3 Å². The maximum atomic E-state index is 11.9. The number of hydrogen-bond acceptors (Lipinski definition) is 6. The van der Waals surface area contributed by atoms with Crippen molar-refractivity contribution in [1.82, 2.24) is 0 Å². The quantitative estimate of drug-likeness (QED) is 0.590. The van der Waals surface area contributed by atoms with Gasteiger partial charge in [-0.05, 0) is 37.0 Å². The fourth-order valence-corrected chi connectivity index (χ4v) is 3.17. The molecule has 0 saturated heterocycles. The lowest BCUT2D eigenvalue weighted by Crippen LogP contribution is -2.10. The van der Waals surface area contributed by atoms with Crippen molar-refractivity contribution in [2.75, 3.05) is 12.9 Å². The average Bonchev–Trinajstić information content (AvgIpc) is 3.17. The Labute approximate surface area is 127 Å². The molecule has 21 heavy (non-hydrogen) atoms. The predicted octanol–water partition coefficient (Wildman–Crippen LogP) is 1.58. The first-order chi connectivity index (χ1) is 9.57. The molecule has 1 aliphatic carbocycles. The van der Waals surface area contributed by atoms with Crippen molar-refractivity contribution >= 4 is 35.5 Å². The molecule has 0 N–H and O–H groups in total. The van der Waals surface area contributed by atoms with Crippen LogP contribution in [0, 0.1) is 5.92 Å². The van der Waals surface area contributed by atoms with E-state index in [1.54, 1.807) is 0 Å². The molecule has 0 atom stereocenters. The molecule has 0 radical (unpaired) electrons. The summed E-state index contributed by atoms with van der Waals surface area (Å²) >= 11 is 0. The van der Waals surface area contributed by atoms with E-state index < -0.39 is 29.8 Å². The Kier molecular flexibility index (Phi) is 4.32. The van der Waals surface area contributed by atoms with Crippen LogP contribution in [-0.4, -0.2) is 35.7 Å². The van der Waals surface area contributed by atoms with Gasteiger partial charge in [-0.3, -0.25) is 0 Å². The van der Waals surface area contributed by atoms with Crippen LogP contribution in [0.2, 0.25) is 0 Å². The maximum Gasteiger partial charge on any atom is 0.338 e. The van der Waals surface area contributed by atoms with Gasteiger partial charge >= 0.3 is 5.97 Å². The summed E-state index contributed by atoms with van der Waals surface area (Å²) in [6.07, 6.45) is 2.88. The van der Waals surface area contributed by atoms with E-state index in [-0.39, 0.29) is 17.1 Å². The minimum atomic E-state index is -4.16. The van der Waals surface area contributed by atoms with Crippen molar-refractivity contribution in [3.8, 4) is 0 Å². The Balaban J connectivity index is 2.41. The van der Waals surface area contributed by atoms with Gasteiger partial charge in [0.25, 0.3) is 9.05 Å². The third-order valence-corrected chi connectivity index (χ3v) is 5.40. The molecule has 0 heterocycles. The van der Waals surface area contributed by atoms with E-state index in [0.29, 0.717) is 5.92 Å². The molecule has 1 fully saturated rings. The third kappa shape index (κ3) is 4.42. The summed E-state index contributed by atoms with van der Waals surface area (Å²) < 4.78 is 50.9. The summed E-state index contributed by atoms with van der Waals surface area (Å²) in [5.41, 5.74) is -0.155. The van der Waals surface area contributed by atoms with Gasteiger partial charge in [-0.15, -0.1) is 0 Å². The van der Waals surface area contributed by atoms with Gasteiger partial charge in [-0.1, -0.05) is 0 Å². The van der Waals surface area contributed by atoms with Crippen molar-refractivity contribution < 1.29 is 26.4 Å². The molecule has 6 nitrogen and oxygen atoms in total. The number of sulfone groups is 1. The van der Waals surface area contributed by atoms with Gasteiger partial charge in [0, 0.05) is 16.9 Å². The lowest BCUT2D eigenvalue weighted by Gasteiger charge is -2.07. The van der Waals surface area contributed by atoms with Crippen molar-refractivity contribution in [2.24, 2.45) is 5.92 Å². The van der Waals surface area contributed by atoms with Crippen LogP contribution >= 0.6 is 10.7 Å². The van der Waals surface area contributed by atoms with Gasteiger partial charge in [-0.2, -0.15) is 0 Å². The summed E-state index contributed by atoms with van der Waals surface area (Å²) in [7, 11) is -2.63. The van der Waals surface area contributed by atoms with Gasteiger partial charge in [0.2, 0.25) is 0 Å². The van der Waals surface area contributed by atoms with E-state index in [4.69, 9.17) is 15.4 Å². The molecule has 0 unspecified atom stereocenters. The highest BCUT2D eigenvalue weighted by Gasteiger charge is 2.25. The average molecular weight is 353 g/mol. The highest BCUT2D eigenvalue weighted by Crippen LogP contribution is 2.29. The second kappa shape index (κ2) is 5.58. The first-order valence-electron chi connectivity index (χ1n) is 6.04. The molecule has 1 aromatic carbocycles. The molecule has 1 aromatic rings. The van der Waals surface area contributed by atoms with E-state index in [2.05, 4.69) is 0 Å². The van der Waals surface area contributed by atoms with Crippen molar-refractivity contribution in [3.05, 3.63) is 23.8 Å². The normalized spacial score (nSPS) is 15.7. The monoisotopic (exact) mass is 352 g/mol. The number of rotatable bonds is 5. The smallest absolute Gasteiger partial charge is 0.338 e. The Bertz CT molecular complexity index is 728. The molecule has 0 amide bonds. The predicted molar refractivity (Wildman–Crippen MR) is 75.6 cm³/mol. The Morgan fingerprint density at radius 1 is 1.19 bits per heavy atom. The van der Waals surface area contributed by atoms with Crippen LogP contribution in [0.4, 0.5) is 0 Å². The standard InChI is InChI=1S/C12H13ClO6S2/c1-20(15,16)10-4-9(5-11(6-10)21(13,17)18)12(14)19-7-8-2-3-8/h4-6,8H,2-3,7H2,1H3. The first kappa shape index (κ1) is 16.3. The van der Waals surface area contributed by atoms with Crippen molar-refractivity contribution in [1.29, 1.82) is 0 Å². The van der Waals surface area contributed by atoms with Crippen LogP contribution in [0.1, 0.15) is 23.2 Å². The number of hydrogen-bond donors (Lipinski definition) is 0. The molecule has 2 rings (SSSR count). The van der Waals surface area contributed by atoms with Crippen molar-refractivity contribution in [2.45, 2.75) is 22.6 Å². The number of benzene rings is 1. The summed E-state index contributed by atoms with van der Waals surface area (Å²) in [4.78, 5) is 11.1. The fourth-order valence-electron chi connectivity index (χ4n) is 1.61. The van der Waals surface area contributed by atoms with Crippen LogP contribution < -0.4 is 0 Å². The number of esters is 1. The van der Waals surface area contributed by atoms with E-state index in [1.807, 2.05) is 0 Å². The minimum absolute atomic E-state index is 0.155. The summed E-state index contributed by atoms with van der Waals surface area (Å²) in [6, 6.07) is 3.00. The lowest BCUT2D eigenvalue weighted by atomic mass is 10.2. The fraction of sp³-hybridized carbons (Fsp3) is 0.417. The molecule has 0 aromatic heterocycles. The molecular formula is C12H13ClO6S2. The SMILES string of the molecule is CS(=O)(=O)c1cc(C(=O)OCC2CC2)cc(S(=O)(=O)Cl)c1. The Morgan fingerprint density at radius 2 is 1.76 bits per heavy atom. The topological polar surface area (TPSA) is 94.6 Å². The van der Waals surface area contributed by atoms with Crippen LogP contribution in [0.25, 0.3) is 0 Å². The number of halogens is 1. The number of carbonyl (C=O) groups is 1. The van der Waals surface area contributed by atoms with Gasteiger partial charge in [-0.25, -0.2) is 21.6 Å². The van der Waals surface area contributed by atoms with Gasteiger partial charge in [0.1, 0.15) is 0 Å². The van der Waals surface area contributed by atoms with E-state index in [1.165, 1.54) is 0 Å². The van der Waals surface area contributed by atoms with Crippen LogP contribution in [0.3, 0.4) is 0 Å². The van der Waals surface area contributed by atoms with Gasteiger partial charge in [0.05, 0.1) is 22.0 Å². The number of ether oxygens (including phenoxy) is 1. The lowest BCUT2D eigenvalue weighted by molar-refractivity contribution is 0.0485. The van der Waals surface area contributed by atoms with Crippen LogP contribution in [0.5, 0.6) is 0 Å². The molecule has 1 aliphatic rings. The third-order valence-electron chi connectivity index (χ3n) is 2.97. The molecule has 0 aliphatic heterocycles. The number of carbonyl (C=O) groups excluding carboxylic acids is 1. The molecule has 0 bridgehead atoms. The van der Waals surface area contributed by atoms with Gasteiger partial charge < -0.3 is 4.74 Å². The first-order valence-corrected chi connectivity index (χ1v) is 10.2.